The van der Waals surface area contributed by atoms with Crippen molar-refractivity contribution in [3.8, 4) is 5.75 Å². The Bertz CT molecular complexity index is 590. The molecule has 0 spiro atoms. The average Bonchev–Trinajstić information content (AvgIpc) is 2.51. The van der Waals surface area contributed by atoms with Crippen molar-refractivity contribution in [3.05, 3.63) is 29.8 Å². The van der Waals surface area contributed by atoms with Crippen LogP contribution >= 0.6 is 0 Å². The quantitative estimate of drug-likeness (QED) is 0.901. The summed E-state index contributed by atoms with van der Waals surface area (Å²) in [7, 11) is 0. The minimum Gasteiger partial charge on any atom is -0.484 e. The highest BCUT2D eigenvalue weighted by molar-refractivity contribution is 5.80. The zero-order valence-electron chi connectivity index (χ0n) is 14.3. The molecule has 1 aliphatic heterocycles. The maximum atomic E-state index is 12.3. The fraction of sp³-hybridized carbons (Fsp3) is 0.579. The molecular weight excluding hydrogens is 304 g/mol. The van der Waals surface area contributed by atoms with Gasteiger partial charge in [0.2, 0.25) is 5.91 Å². The Kier molecular flexibility index (Phi) is 5.38. The number of hydrogen-bond acceptors (Lipinski definition) is 3. The van der Waals surface area contributed by atoms with E-state index in [1.165, 1.54) is 6.42 Å². The molecule has 0 radical (unpaired) electrons. The molecule has 3 rings (SSSR count). The molecule has 24 heavy (non-hydrogen) atoms. The lowest BCUT2D eigenvalue weighted by Crippen LogP contribution is -2.49. The molecule has 1 heterocycles. The Morgan fingerprint density at radius 2 is 1.96 bits per heavy atom. The normalized spacial score (nSPS) is 18.8. The first-order valence-electron chi connectivity index (χ1n) is 8.89. The standard InChI is InChI=1S/C19H26N2O3/c1-14-4-2-7-17(12-14)24-13-18(22)21-10-8-16(9-11-21)20-19(23)15-5-3-6-15/h2,4,7,12,15-16H,3,5-6,8-11,13H2,1H3,(H,20,23). The fourth-order valence-electron chi connectivity index (χ4n) is 3.20. The summed E-state index contributed by atoms with van der Waals surface area (Å²) < 4.78 is 5.59. The zero-order chi connectivity index (χ0) is 16.9. The van der Waals surface area contributed by atoms with Crippen LogP contribution in [0.15, 0.2) is 24.3 Å². The Morgan fingerprint density at radius 1 is 1.21 bits per heavy atom. The highest BCUT2D eigenvalue weighted by Gasteiger charge is 2.29. The first-order valence-corrected chi connectivity index (χ1v) is 8.89. The number of carbonyl (C=O) groups is 2. The van der Waals surface area contributed by atoms with E-state index in [-0.39, 0.29) is 30.4 Å². The van der Waals surface area contributed by atoms with Gasteiger partial charge in [-0.3, -0.25) is 9.59 Å². The van der Waals surface area contributed by atoms with E-state index in [9.17, 15) is 9.59 Å². The second-order valence-corrected chi connectivity index (χ2v) is 6.90. The van der Waals surface area contributed by atoms with Gasteiger partial charge in [-0.1, -0.05) is 18.6 Å². The molecule has 0 atom stereocenters. The monoisotopic (exact) mass is 330 g/mol. The molecule has 1 aromatic carbocycles. The molecule has 5 heteroatoms. The van der Waals surface area contributed by atoms with Crippen molar-refractivity contribution >= 4 is 11.8 Å². The number of nitrogens with one attached hydrogen (secondary N) is 1. The molecule has 1 saturated carbocycles. The number of ether oxygens (including phenoxy) is 1. The topological polar surface area (TPSA) is 58.6 Å². The lowest BCUT2D eigenvalue weighted by molar-refractivity contribution is -0.134. The summed E-state index contributed by atoms with van der Waals surface area (Å²) in [6, 6.07) is 7.92. The Balaban J connectivity index is 1.39. The summed E-state index contributed by atoms with van der Waals surface area (Å²) in [5, 5.41) is 3.14. The summed E-state index contributed by atoms with van der Waals surface area (Å²) in [6.07, 6.45) is 4.88. The van der Waals surface area contributed by atoms with Gasteiger partial charge < -0.3 is 15.0 Å². The third kappa shape index (κ3) is 4.28. The van der Waals surface area contributed by atoms with E-state index in [0.717, 1.165) is 37.0 Å². The molecule has 5 nitrogen and oxygen atoms in total. The molecule has 1 N–H and O–H groups in total. The molecular formula is C19H26N2O3. The summed E-state index contributed by atoms with van der Waals surface area (Å²) in [6.45, 7) is 3.44. The zero-order valence-corrected chi connectivity index (χ0v) is 14.3. The number of aryl methyl sites for hydroxylation is 1. The van der Waals surface area contributed by atoms with Gasteiger partial charge in [0, 0.05) is 25.0 Å². The van der Waals surface area contributed by atoms with Crippen LogP contribution in [0.4, 0.5) is 0 Å². The van der Waals surface area contributed by atoms with Crippen LogP contribution in [-0.2, 0) is 9.59 Å². The van der Waals surface area contributed by atoms with Crippen LogP contribution in [0.1, 0.15) is 37.7 Å². The summed E-state index contributed by atoms with van der Waals surface area (Å²) in [5.41, 5.74) is 1.11. The van der Waals surface area contributed by atoms with Gasteiger partial charge in [0.15, 0.2) is 6.61 Å². The van der Waals surface area contributed by atoms with Crippen LogP contribution in [0.5, 0.6) is 5.75 Å². The lowest BCUT2D eigenvalue weighted by Gasteiger charge is -2.34. The van der Waals surface area contributed by atoms with Crippen LogP contribution in [0.2, 0.25) is 0 Å². The van der Waals surface area contributed by atoms with Gasteiger partial charge in [0.1, 0.15) is 5.75 Å². The van der Waals surface area contributed by atoms with Crippen molar-refractivity contribution in [2.75, 3.05) is 19.7 Å². The number of carbonyl (C=O) groups excluding carboxylic acids is 2. The number of likely N-dealkylation sites (tertiary alicyclic amines) is 1. The van der Waals surface area contributed by atoms with E-state index in [0.29, 0.717) is 13.1 Å². The van der Waals surface area contributed by atoms with Crippen LogP contribution in [0.25, 0.3) is 0 Å². The maximum Gasteiger partial charge on any atom is 0.260 e. The van der Waals surface area contributed by atoms with Crippen molar-refractivity contribution in [3.63, 3.8) is 0 Å². The number of piperidine rings is 1. The number of hydrogen-bond donors (Lipinski definition) is 1. The molecule has 1 aliphatic carbocycles. The van der Waals surface area contributed by atoms with Crippen molar-refractivity contribution in [2.24, 2.45) is 5.92 Å². The second-order valence-electron chi connectivity index (χ2n) is 6.90. The predicted molar refractivity (Wildman–Crippen MR) is 91.8 cm³/mol. The summed E-state index contributed by atoms with van der Waals surface area (Å²) >= 11 is 0. The van der Waals surface area contributed by atoms with Crippen molar-refractivity contribution < 1.29 is 14.3 Å². The minimum absolute atomic E-state index is 0.0141. The Hall–Kier alpha value is -2.04. The Morgan fingerprint density at radius 3 is 2.58 bits per heavy atom. The van der Waals surface area contributed by atoms with Gasteiger partial charge in [0.25, 0.3) is 5.91 Å². The van der Waals surface area contributed by atoms with Crippen LogP contribution in [-0.4, -0.2) is 42.5 Å². The lowest BCUT2D eigenvalue weighted by atomic mass is 9.84. The number of nitrogens with zero attached hydrogens (tertiary/aromatic N) is 1. The van der Waals surface area contributed by atoms with Crippen molar-refractivity contribution in [2.45, 2.75) is 45.1 Å². The number of benzene rings is 1. The van der Waals surface area contributed by atoms with Gasteiger partial charge in [-0.15, -0.1) is 0 Å². The highest BCUT2D eigenvalue weighted by Crippen LogP contribution is 2.26. The number of rotatable bonds is 5. The molecule has 1 aromatic rings. The molecule has 130 valence electrons. The first-order chi connectivity index (χ1) is 11.6. The van der Waals surface area contributed by atoms with Crippen LogP contribution in [0, 0.1) is 12.8 Å². The van der Waals surface area contributed by atoms with Gasteiger partial charge in [-0.25, -0.2) is 0 Å². The van der Waals surface area contributed by atoms with E-state index in [1.54, 1.807) is 0 Å². The SMILES string of the molecule is Cc1cccc(OCC(=O)N2CCC(NC(=O)C3CCC3)CC2)c1. The van der Waals surface area contributed by atoms with E-state index in [1.807, 2.05) is 36.1 Å². The highest BCUT2D eigenvalue weighted by atomic mass is 16.5. The predicted octanol–water partition coefficient (Wildman–Crippen LogP) is 2.28. The molecule has 0 unspecified atom stereocenters. The molecule has 2 aliphatic rings. The third-order valence-corrected chi connectivity index (χ3v) is 5.02. The molecule has 0 bridgehead atoms. The largest absolute Gasteiger partial charge is 0.484 e. The van der Waals surface area contributed by atoms with Gasteiger partial charge in [0.05, 0.1) is 0 Å². The second kappa shape index (κ2) is 7.69. The molecule has 1 saturated heterocycles. The number of amides is 2. The van der Waals surface area contributed by atoms with Gasteiger partial charge in [-0.2, -0.15) is 0 Å². The van der Waals surface area contributed by atoms with E-state index >= 15 is 0 Å². The third-order valence-electron chi connectivity index (χ3n) is 5.02. The van der Waals surface area contributed by atoms with Crippen LogP contribution < -0.4 is 10.1 Å². The van der Waals surface area contributed by atoms with Crippen LogP contribution in [0.3, 0.4) is 0 Å². The smallest absolute Gasteiger partial charge is 0.260 e. The summed E-state index contributed by atoms with van der Waals surface area (Å²) in [5.74, 6) is 1.17. The maximum absolute atomic E-state index is 12.3. The van der Waals surface area contributed by atoms with Gasteiger partial charge in [-0.05, 0) is 50.3 Å². The summed E-state index contributed by atoms with van der Waals surface area (Å²) in [4.78, 5) is 26.1. The van der Waals surface area contributed by atoms with Crippen molar-refractivity contribution in [1.29, 1.82) is 0 Å². The van der Waals surface area contributed by atoms with E-state index in [4.69, 9.17) is 4.74 Å². The Labute approximate surface area is 143 Å². The van der Waals surface area contributed by atoms with Crippen molar-refractivity contribution in [1.82, 2.24) is 10.2 Å². The average molecular weight is 330 g/mol. The molecule has 0 aromatic heterocycles. The fourth-order valence-corrected chi connectivity index (χ4v) is 3.20. The molecule has 2 amide bonds. The van der Waals surface area contributed by atoms with E-state index < -0.39 is 0 Å². The van der Waals surface area contributed by atoms with Gasteiger partial charge >= 0.3 is 0 Å². The minimum atomic E-state index is 0.0141. The first kappa shape index (κ1) is 16.8. The molecule has 2 fully saturated rings. The van der Waals surface area contributed by atoms with E-state index in [2.05, 4.69) is 5.32 Å².